The maximum Gasteiger partial charge on any atom is 0.338 e. The van der Waals surface area contributed by atoms with Gasteiger partial charge in [-0.15, -0.1) is 0 Å². The lowest BCUT2D eigenvalue weighted by Gasteiger charge is -2.14. The lowest BCUT2D eigenvalue weighted by Crippen LogP contribution is -2.18. The quantitative estimate of drug-likeness (QED) is 0.122. The van der Waals surface area contributed by atoms with Crippen molar-refractivity contribution in [2.75, 3.05) is 0 Å². The number of benzene rings is 2. The van der Waals surface area contributed by atoms with E-state index in [2.05, 4.69) is 0 Å². The van der Waals surface area contributed by atoms with Crippen molar-refractivity contribution in [2.24, 2.45) is 0 Å². The van der Waals surface area contributed by atoms with Crippen molar-refractivity contribution in [3.05, 3.63) is 83.0 Å². The van der Waals surface area contributed by atoms with Crippen LogP contribution in [-0.4, -0.2) is 60.2 Å². The summed E-state index contributed by atoms with van der Waals surface area (Å²) >= 11 is 0. The van der Waals surface area contributed by atoms with Gasteiger partial charge in [-0.2, -0.15) is 0 Å². The van der Waals surface area contributed by atoms with E-state index in [9.17, 15) is 28.8 Å². The van der Waals surface area contributed by atoms with Crippen LogP contribution in [0.4, 0.5) is 0 Å². The second kappa shape index (κ2) is 17.3. The fourth-order valence-corrected chi connectivity index (χ4v) is 3.91. The molecule has 2 aromatic rings. The highest BCUT2D eigenvalue weighted by atomic mass is 16.6. The fourth-order valence-electron chi connectivity index (χ4n) is 3.91. The van der Waals surface area contributed by atoms with Gasteiger partial charge in [-0.3, -0.25) is 14.4 Å². The zero-order valence-corrected chi connectivity index (χ0v) is 27.0. The minimum absolute atomic E-state index is 0.0719. The molecule has 0 saturated carbocycles. The predicted molar refractivity (Wildman–Crippen MR) is 164 cm³/mol. The summed E-state index contributed by atoms with van der Waals surface area (Å²) in [5.74, 6) is -3.79. The first-order chi connectivity index (χ1) is 21.5. The van der Waals surface area contributed by atoms with Crippen LogP contribution < -0.4 is 9.47 Å². The van der Waals surface area contributed by atoms with Crippen LogP contribution in [0.25, 0.3) is 0 Å². The van der Waals surface area contributed by atoms with Crippen molar-refractivity contribution in [3.63, 3.8) is 0 Å². The molecule has 246 valence electrons. The van der Waals surface area contributed by atoms with E-state index >= 15 is 0 Å². The monoisotopic (exact) mass is 638 g/mol. The topological polar surface area (TPSA) is 158 Å². The number of carbonyl (C=O) groups is 6. The molecule has 0 aliphatic carbocycles. The van der Waals surface area contributed by atoms with Crippen molar-refractivity contribution in [1.29, 1.82) is 0 Å². The van der Waals surface area contributed by atoms with Gasteiger partial charge in [0.15, 0.2) is 0 Å². The summed E-state index contributed by atoms with van der Waals surface area (Å²) in [6, 6.07) is 8.34. The summed E-state index contributed by atoms with van der Waals surface area (Å²) in [5, 5.41) is 0. The molecule has 0 aromatic heterocycles. The molecule has 0 radical (unpaired) electrons. The van der Waals surface area contributed by atoms with Gasteiger partial charge in [0, 0.05) is 20.8 Å². The summed E-state index contributed by atoms with van der Waals surface area (Å²) in [6.45, 7) is 11.9. The highest BCUT2D eigenvalue weighted by Gasteiger charge is 2.20. The molecule has 0 aliphatic rings. The van der Waals surface area contributed by atoms with Crippen molar-refractivity contribution in [3.8, 4) is 11.5 Å². The van der Waals surface area contributed by atoms with Crippen molar-refractivity contribution in [2.45, 2.75) is 79.8 Å². The molecule has 0 aliphatic heterocycles. The summed E-state index contributed by atoms with van der Waals surface area (Å²) < 4.78 is 31.4. The third kappa shape index (κ3) is 13.2. The highest BCUT2D eigenvalue weighted by Crippen LogP contribution is 2.21. The van der Waals surface area contributed by atoms with Gasteiger partial charge in [0.05, 0.1) is 16.7 Å². The molecule has 0 amide bonds. The Balaban J connectivity index is 2.10. The SMILES string of the molecule is CC(=O)Oc1cc(C)cc(C(=O)OC(C)/C=C/C(C)OC(=O)c2cc(OC(C)=O)cc(C(=O)OC(C)/C=C/C(C)OC(C)=O)c2)c1. The zero-order valence-electron chi connectivity index (χ0n) is 27.0. The molecule has 2 aromatic carbocycles. The van der Waals surface area contributed by atoms with Gasteiger partial charge in [-0.25, -0.2) is 14.4 Å². The smallest absolute Gasteiger partial charge is 0.338 e. The molecule has 4 atom stereocenters. The van der Waals surface area contributed by atoms with E-state index in [0.29, 0.717) is 5.56 Å². The Morgan fingerprint density at radius 3 is 1.15 bits per heavy atom. The van der Waals surface area contributed by atoms with Crippen LogP contribution in [0.2, 0.25) is 0 Å². The third-order valence-electron chi connectivity index (χ3n) is 5.72. The van der Waals surface area contributed by atoms with Crippen LogP contribution in [0, 0.1) is 6.92 Å². The van der Waals surface area contributed by atoms with E-state index in [-0.39, 0.29) is 28.2 Å². The van der Waals surface area contributed by atoms with Gasteiger partial charge in [0.25, 0.3) is 0 Å². The Labute approximate surface area is 267 Å². The number of ether oxygens (including phenoxy) is 6. The van der Waals surface area contributed by atoms with Gasteiger partial charge in [0.2, 0.25) is 0 Å². The molecular formula is C34H38O12. The maximum absolute atomic E-state index is 13.0. The first-order valence-electron chi connectivity index (χ1n) is 14.3. The standard InChI is InChI=1S/C34H38O12/c1-19-13-27(16-30(14-19)45-25(7)36)32(38)42-22(4)11-12-23(5)44-34(40)29-15-28(17-31(18-29)46-26(8)37)33(39)43-21(3)10-9-20(2)41-24(6)35/h9-18,20-23H,1-8H3/b10-9+,12-11+. The lowest BCUT2D eigenvalue weighted by molar-refractivity contribution is -0.143. The second-order valence-electron chi connectivity index (χ2n) is 10.4. The average molecular weight is 639 g/mol. The molecule has 12 nitrogen and oxygen atoms in total. The van der Waals surface area contributed by atoms with E-state index in [0.717, 1.165) is 0 Å². The Hall–Kier alpha value is -5.26. The fraction of sp³-hybridized carbons (Fsp3) is 0.353. The van der Waals surface area contributed by atoms with Gasteiger partial charge < -0.3 is 28.4 Å². The zero-order chi connectivity index (χ0) is 34.6. The number of aryl methyl sites for hydroxylation is 1. The maximum atomic E-state index is 13.0. The van der Waals surface area contributed by atoms with Crippen LogP contribution in [0.1, 0.15) is 85.1 Å². The largest absolute Gasteiger partial charge is 0.459 e. The first kappa shape index (κ1) is 36.9. The van der Waals surface area contributed by atoms with Crippen molar-refractivity contribution in [1.82, 2.24) is 0 Å². The lowest BCUT2D eigenvalue weighted by atomic mass is 10.1. The van der Waals surface area contributed by atoms with Gasteiger partial charge in [0.1, 0.15) is 35.9 Å². The predicted octanol–water partition coefficient (Wildman–Crippen LogP) is 5.25. The number of hydrogen-bond acceptors (Lipinski definition) is 12. The van der Waals surface area contributed by atoms with Crippen LogP contribution in [0.3, 0.4) is 0 Å². The average Bonchev–Trinajstić information content (AvgIpc) is 2.93. The normalized spacial score (nSPS) is 13.7. The van der Waals surface area contributed by atoms with Gasteiger partial charge in [-0.1, -0.05) is 0 Å². The molecule has 0 saturated heterocycles. The van der Waals surface area contributed by atoms with Crippen LogP contribution in [-0.2, 0) is 33.3 Å². The van der Waals surface area contributed by atoms with Crippen LogP contribution in [0.5, 0.6) is 11.5 Å². The minimum atomic E-state index is -0.828. The van der Waals surface area contributed by atoms with Crippen molar-refractivity contribution < 1.29 is 57.2 Å². The Morgan fingerprint density at radius 1 is 0.478 bits per heavy atom. The van der Waals surface area contributed by atoms with Crippen molar-refractivity contribution >= 4 is 35.8 Å². The molecular weight excluding hydrogens is 600 g/mol. The molecule has 4 unspecified atom stereocenters. The molecule has 0 heterocycles. The Bertz CT molecular complexity index is 1520. The number of carbonyl (C=O) groups excluding carboxylic acids is 6. The van der Waals surface area contributed by atoms with E-state index < -0.39 is 60.2 Å². The number of esters is 6. The molecule has 46 heavy (non-hydrogen) atoms. The van der Waals surface area contributed by atoms with E-state index in [1.165, 1.54) is 63.3 Å². The number of rotatable bonds is 13. The molecule has 12 heteroatoms. The number of hydrogen-bond donors (Lipinski definition) is 0. The third-order valence-corrected chi connectivity index (χ3v) is 5.72. The van der Waals surface area contributed by atoms with E-state index in [1.54, 1.807) is 52.8 Å². The summed E-state index contributed by atoms with van der Waals surface area (Å²) in [7, 11) is 0. The Kier molecular flexibility index (Phi) is 13.9. The molecule has 0 spiro atoms. The van der Waals surface area contributed by atoms with Crippen LogP contribution >= 0.6 is 0 Å². The summed E-state index contributed by atoms with van der Waals surface area (Å²) in [6.07, 6.45) is 3.35. The Morgan fingerprint density at radius 2 is 0.804 bits per heavy atom. The minimum Gasteiger partial charge on any atom is -0.459 e. The summed E-state index contributed by atoms with van der Waals surface area (Å²) in [5.41, 5.74) is 0.733. The molecule has 0 N–H and O–H groups in total. The second-order valence-corrected chi connectivity index (χ2v) is 10.4. The molecule has 0 fully saturated rings. The summed E-state index contributed by atoms with van der Waals surface area (Å²) in [4.78, 5) is 72.4. The first-order valence-corrected chi connectivity index (χ1v) is 14.3. The van der Waals surface area contributed by atoms with E-state index in [4.69, 9.17) is 28.4 Å². The molecule has 0 bridgehead atoms. The molecule has 2 rings (SSSR count). The van der Waals surface area contributed by atoms with E-state index in [1.807, 2.05) is 0 Å². The van der Waals surface area contributed by atoms with Gasteiger partial charge in [-0.05, 0) is 101 Å². The highest BCUT2D eigenvalue weighted by molar-refractivity contribution is 5.96. The van der Waals surface area contributed by atoms with Gasteiger partial charge >= 0.3 is 35.8 Å². The van der Waals surface area contributed by atoms with Crippen LogP contribution in [0.15, 0.2) is 60.7 Å².